The summed E-state index contributed by atoms with van der Waals surface area (Å²) in [5.41, 5.74) is 3.37. The monoisotopic (exact) mass is 404 g/mol. The van der Waals surface area contributed by atoms with Gasteiger partial charge in [0.05, 0.1) is 12.2 Å². The van der Waals surface area contributed by atoms with Gasteiger partial charge in [0.15, 0.2) is 0 Å². The van der Waals surface area contributed by atoms with Crippen molar-refractivity contribution in [2.75, 3.05) is 0 Å². The summed E-state index contributed by atoms with van der Waals surface area (Å²) in [6.45, 7) is 0.374. The predicted molar refractivity (Wildman–Crippen MR) is 113 cm³/mol. The highest BCUT2D eigenvalue weighted by Crippen LogP contribution is 2.21. The van der Waals surface area contributed by atoms with Gasteiger partial charge in [-0.1, -0.05) is 12.1 Å². The second-order valence-corrected chi connectivity index (χ2v) is 7.73. The van der Waals surface area contributed by atoms with Crippen molar-refractivity contribution in [2.24, 2.45) is 0 Å². The van der Waals surface area contributed by atoms with Gasteiger partial charge in [0.1, 0.15) is 5.01 Å². The van der Waals surface area contributed by atoms with Gasteiger partial charge in [-0.15, -0.1) is 11.3 Å². The molecule has 0 aliphatic heterocycles. The van der Waals surface area contributed by atoms with E-state index < -0.39 is 0 Å². The Morgan fingerprint density at radius 1 is 1.10 bits per heavy atom. The van der Waals surface area contributed by atoms with Crippen LogP contribution in [-0.4, -0.2) is 27.8 Å². The van der Waals surface area contributed by atoms with E-state index in [-0.39, 0.29) is 11.8 Å². The molecule has 0 radical (unpaired) electrons. The topological polar surface area (TPSA) is 84.0 Å². The van der Waals surface area contributed by atoms with Crippen LogP contribution in [0.3, 0.4) is 0 Å². The number of nitrogens with one attached hydrogen (secondary N) is 2. The highest BCUT2D eigenvalue weighted by atomic mass is 32.1. The lowest BCUT2D eigenvalue weighted by Gasteiger charge is -2.03. The molecule has 2 amide bonds. The van der Waals surface area contributed by atoms with E-state index >= 15 is 0 Å². The maximum atomic E-state index is 12.1. The fourth-order valence-electron chi connectivity index (χ4n) is 2.68. The van der Waals surface area contributed by atoms with Crippen molar-refractivity contribution >= 4 is 29.2 Å². The van der Waals surface area contributed by atoms with Crippen LogP contribution in [0.1, 0.15) is 33.8 Å². The molecule has 0 bridgehead atoms. The van der Waals surface area contributed by atoms with E-state index in [1.165, 1.54) is 17.4 Å². The molecule has 1 aromatic carbocycles. The molecule has 2 N–H and O–H groups in total. The number of aromatic nitrogens is 2. The van der Waals surface area contributed by atoms with Crippen LogP contribution in [0, 0.1) is 0 Å². The molecule has 1 saturated carbocycles. The van der Waals surface area contributed by atoms with Crippen LogP contribution < -0.4 is 10.6 Å². The van der Waals surface area contributed by atoms with Gasteiger partial charge in [-0.3, -0.25) is 14.6 Å². The van der Waals surface area contributed by atoms with E-state index in [0.29, 0.717) is 18.2 Å². The van der Waals surface area contributed by atoms with Crippen LogP contribution >= 0.6 is 11.3 Å². The zero-order chi connectivity index (χ0) is 20.1. The van der Waals surface area contributed by atoms with Gasteiger partial charge in [-0.05, 0) is 48.7 Å². The third kappa shape index (κ3) is 5.36. The first-order chi connectivity index (χ1) is 14.2. The molecular formula is C22H20N4O2S. The molecule has 1 aliphatic carbocycles. The third-order valence-electron chi connectivity index (χ3n) is 4.45. The maximum absolute atomic E-state index is 12.1. The molecule has 1 fully saturated rings. The van der Waals surface area contributed by atoms with E-state index in [1.54, 1.807) is 30.6 Å². The van der Waals surface area contributed by atoms with Crippen molar-refractivity contribution in [3.05, 3.63) is 76.4 Å². The smallest absolute Gasteiger partial charge is 0.251 e. The molecule has 7 heteroatoms. The fraction of sp³-hybridized carbons (Fsp3) is 0.182. The van der Waals surface area contributed by atoms with Crippen molar-refractivity contribution < 1.29 is 9.59 Å². The first kappa shape index (κ1) is 19.0. The molecule has 2 aromatic heterocycles. The van der Waals surface area contributed by atoms with Crippen LogP contribution in [0.2, 0.25) is 0 Å². The Kier molecular flexibility index (Phi) is 5.76. The number of benzene rings is 1. The summed E-state index contributed by atoms with van der Waals surface area (Å²) in [5.74, 6) is -0.239. The number of hydrogen-bond acceptors (Lipinski definition) is 5. The average Bonchev–Trinajstić information content (AvgIpc) is 3.44. The van der Waals surface area contributed by atoms with Gasteiger partial charge in [-0.2, -0.15) is 0 Å². The van der Waals surface area contributed by atoms with E-state index in [4.69, 9.17) is 0 Å². The van der Waals surface area contributed by atoms with Gasteiger partial charge in [0.2, 0.25) is 5.91 Å². The van der Waals surface area contributed by atoms with Crippen LogP contribution in [0.4, 0.5) is 0 Å². The van der Waals surface area contributed by atoms with Gasteiger partial charge in [0.25, 0.3) is 5.91 Å². The summed E-state index contributed by atoms with van der Waals surface area (Å²) in [4.78, 5) is 32.6. The number of nitrogens with zero attached hydrogens (tertiary/aromatic N) is 2. The predicted octanol–water partition coefficient (Wildman–Crippen LogP) is 3.43. The van der Waals surface area contributed by atoms with Crippen LogP contribution in [0.5, 0.6) is 0 Å². The standard InChI is InChI=1S/C22H20N4O2S/c27-20(24-13-21-26-19(14-29-21)16-9-11-23-12-10-16)8-3-15-1-4-17(5-2-15)22(28)25-18-6-7-18/h1-5,8-12,14,18H,6-7,13H2,(H,24,27)(H,25,28)/b8-3+. The molecule has 0 saturated heterocycles. The minimum atomic E-state index is -0.193. The lowest BCUT2D eigenvalue weighted by Crippen LogP contribution is -2.25. The quantitative estimate of drug-likeness (QED) is 0.591. The number of carbonyl (C=O) groups is 2. The molecule has 6 nitrogen and oxygen atoms in total. The highest BCUT2D eigenvalue weighted by Gasteiger charge is 2.23. The minimum Gasteiger partial charge on any atom is -0.349 e. The van der Waals surface area contributed by atoms with E-state index in [1.807, 2.05) is 29.6 Å². The van der Waals surface area contributed by atoms with Crippen LogP contribution in [0.25, 0.3) is 17.3 Å². The summed E-state index contributed by atoms with van der Waals surface area (Å²) in [5, 5.41) is 8.60. The molecule has 29 heavy (non-hydrogen) atoms. The average molecular weight is 404 g/mol. The van der Waals surface area contributed by atoms with E-state index in [0.717, 1.165) is 34.7 Å². The molecule has 2 heterocycles. The summed E-state index contributed by atoms with van der Waals surface area (Å²) in [6, 6.07) is 11.3. The number of carbonyl (C=O) groups excluding carboxylic acids is 2. The Hall–Kier alpha value is -3.32. The van der Waals surface area contributed by atoms with Crippen molar-refractivity contribution in [3.8, 4) is 11.3 Å². The van der Waals surface area contributed by atoms with Gasteiger partial charge in [-0.25, -0.2) is 4.98 Å². The Bertz CT molecular complexity index is 1020. The lowest BCUT2D eigenvalue weighted by atomic mass is 10.1. The SMILES string of the molecule is O=C(/C=C/c1ccc(C(=O)NC2CC2)cc1)NCc1nc(-c2ccncc2)cs1. The van der Waals surface area contributed by atoms with Crippen LogP contribution in [0.15, 0.2) is 60.2 Å². The Morgan fingerprint density at radius 3 is 2.59 bits per heavy atom. The van der Waals surface area contributed by atoms with Crippen molar-refractivity contribution in [2.45, 2.75) is 25.4 Å². The Balaban J connectivity index is 1.27. The number of hydrogen-bond donors (Lipinski definition) is 2. The molecule has 0 atom stereocenters. The summed E-state index contributed by atoms with van der Waals surface area (Å²) in [7, 11) is 0. The number of pyridine rings is 1. The number of amides is 2. The molecule has 1 aliphatic rings. The third-order valence-corrected chi connectivity index (χ3v) is 5.30. The normalized spacial score (nSPS) is 13.4. The molecule has 4 rings (SSSR count). The highest BCUT2D eigenvalue weighted by molar-refractivity contribution is 7.09. The Morgan fingerprint density at radius 2 is 1.86 bits per heavy atom. The van der Waals surface area contributed by atoms with Crippen molar-refractivity contribution in [3.63, 3.8) is 0 Å². The number of rotatable bonds is 7. The molecule has 146 valence electrons. The second kappa shape index (κ2) is 8.79. The van der Waals surface area contributed by atoms with Gasteiger partial charge < -0.3 is 10.6 Å². The lowest BCUT2D eigenvalue weighted by molar-refractivity contribution is -0.116. The molecule has 3 aromatic rings. The largest absolute Gasteiger partial charge is 0.349 e. The molecular weight excluding hydrogens is 384 g/mol. The van der Waals surface area contributed by atoms with Crippen molar-refractivity contribution in [1.29, 1.82) is 0 Å². The van der Waals surface area contributed by atoms with Crippen LogP contribution in [-0.2, 0) is 11.3 Å². The Labute approximate surface area is 172 Å². The van der Waals surface area contributed by atoms with Crippen molar-refractivity contribution in [1.82, 2.24) is 20.6 Å². The summed E-state index contributed by atoms with van der Waals surface area (Å²) < 4.78 is 0. The van der Waals surface area contributed by atoms with E-state index in [9.17, 15) is 9.59 Å². The molecule has 0 unspecified atom stereocenters. The first-order valence-electron chi connectivity index (χ1n) is 9.39. The zero-order valence-corrected chi connectivity index (χ0v) is 16.5. The maximum Gasteiger partial charge on any atom is 0.251 e. The number of thiazole rings is 1. The minimum absolute atomic E-state index is 0.0460. The van der Waals surface area contributed by atoms with E-state index in [2.05, 4.69) is 20.6 Å². The fourth-order valence-corrected chi connectivity index (χ4v) is 3.43. The summed E-state index contributed by atoms with van der Waals surface area (Å²) >= 11 is 1.51. The summed E-state index contributed by atoms with van der Waals surface area (Å²) in [6.07, 6.45) is 8.79. The van der Waals surface area contributed by atoms with Gasteiger partial charge >= 0.3 is 0 Å². The first-order valence-corrected chi connectivity index (χ1v) is 10.3. The molecule has 0 spiro atoms. The van der Waals surface area contributed by atoms with Gasteiger partial charge in [0, 0.05) is 41.0 Å². The zero-order valence-electron chi connectivity index (χ0n) is 15.7. The second-order valence-electron chi connectivity index (χ2n) is 6.78.